The predicted molar refractivity (Wildman–Crippen MR) is 133 cm³/mol. The summed E-state index contributed by atoms with van der Waals surface area (Å²) in [6.45, 7) is 0. The van der Waals surface area contributed by atoms with E-state index in [1.54, 1.807) is 0 Å². The van der Waals surface area contributed by atoms with Crippen molar-refractivity contribution < 1.29 is 4.42 Å². The number of rotatable bonds is 2. The Morgan fingerprint density at radius 3 is 2.00 bits per heavy atom. The summed E-state index contributed by atoms with van der Waals surface area (Å²) >= 11 is 0. The van der Waals surface area contributed by atoms with E-state index < -0.39 is 0 Å². The van der Waals surface area contributed by atoms with Gasteiger partial charge in [0.25, 0.3) is 0 Å². The molecule has 1 nitrogen and oxygen atoms in total. The quantitative estimate of drug-likeness (QED) is 0.279. The smallest absolute Gasteiger partial charge is 0.143 e. The van der Waals surface area contributed by atoms with Crippen LogP contribution in [0, 0.1) is 0 Å². The molecule has 6 aromatic rings. The van der Waals surface area contributed by atoms with E-state index in [0.717, 1.165) is 23.2 Å². The van der Waals surface area contributed by atoms with E-state index in [2.05, 4.69) is 97.1 Å². The SMILES string of the molecule is c1ccc(-c2ccc3c(c2)-c2cc(-c4cccc5c4oc4ccccc45)ccc2C3)cc1. The van der Waals surface area contributed by atoms with Crippen LogP contribution >= 0.6 is 0 Å². The molecule has 1 aliphatic carbocycles. The van der Waals surface area contributed by atoms with E-state index in [4.69, 9.17) is 4.42 Å². The van der Waals surface area contributed by atoms with Crippen LogP contribution in [-0.2, 0) is 6.42 Å². The normalized spacial score (nSPS) is 12.2. The van der Waals surface area contributed by atoms with Gasteiger partial charge in [0, 0.05) is 16.3 Å². The fourth-order valence-electron chi connectivity index (χ4n) is 5.12. The van der Waals surface area contributed by atoms with Crippen molar-refractivity contribution in [3.05, 3.63) is 120 Å². The Morgan fingerprint density at radius 2 is 1.16 bits per heavy atom. The van der Waals surface area contributed by atoms with Crippen molar-refractivity contribution in [3.63, 3.8) is 0 Å². The summed E-state index contributed by atoms with van der Waals surface area (Å²) in [5.74, 6) is 0. The summed E-state index contributed by atoms with van der Waals surface area (Å²) in [4.78, 5) is 0. The van der Waals surface area contributed by atoms with Crippen molar-refractivity contribution in [2.75, 3.05) is 0 Å². The maximum absolute atomic E-state index is 6.30. The monoisotopic (exact) mass is 408 g/mol. The van der Waals surface area contributed by atoms with Crippen LogP contribution in [0.1, 0.15) is 11.1 Å². The van der Waals surface area contributed by atoms with Crippen molar-refractivity contribution in [2.24, 2.45) is 0 Å². The molecule has 0 aliphatic heterocycles. The lowest BCUT2D eigenvalue weighted by atomic mass is 9.95. The van der Waals surface area contributed by atoms with Crippen molar-refractivity contribution >= 4 is 21.9 Å². The standard InChI is InChI=1S/C31H20O/c1-2-7-20(8-3-1)21-13-14-22-17-23-15-16-24(19-29(23)28(22)18-21)25-10-6-11-27-26-9-4-5-12-30(26)32-31(25)27/h1-16,18-19H,17H2. The molecule has 5 aromatic carbocycles. The van der Waals surface area contributed by atoms with Gasteiger partial charge in [0.15, 0.2) is 0 Å². The number of fused-ring (bicyclic) bond motifs is 6. The zero-order valence-electron chi connectivity index (χ0n) is 17.5. The van der Waals surface area contributed by atoms with Gasteiger partial charge >= 0.3 is 0 Å². The molecule has 0 unspecified atom stereocenters. The first kappa shape index (κ1) is 17.6. The summed E-state index contributed by atoms with van der Waals surface area (Å²) < 4.78 is 6.30. The van der Waals surface area contributed by atoms with Gasteiger partial charge in [0.05, 0.1) is 0 Å². The molecule has 7 rings (SSSR count). The Balaban J connectivity index is 1.40. The molecule has 0 radical (unpaired) electrons. The minimum atomic E-state index is 0.939. The Bertz CT molecular complexity index is 1640. The Morgan fingerprint density at radius 1 is 0.469 bits per heavy atom. The molecule has 1 aromatic heterocycles. The highest BCUT2D eigenvalue weighted by Gasteiger charge is 2.21. The molecule has 0 amide bonds. The first-order chi connectivity index (χ1) is 15.8. The van der Waals surface area contributed by atoms with Gasteiger partial charge in [-0.25, -0.2) is 0 Å². The number of benzene rings is 5. The van der Waals surface area contributed by atoms with E-state index in [1.165, 1.54) is 49.7 Å². The van der Waals surface area contributed by atoms with E-state index in [1.807, 2.05) is 12.1 Å². The maximum atomic E-state index is 6.30. The van der Waals surface area contributed by atoms with Crippen LogP contribution in [0.3, 0.4) is 0 Å². The third-order valence-corrected chi connectivity index (χ3v) is 6.71. The molecular formula is C31H20O. The molecule has 0 fully saturated rings. The maximum Gasteiger partial charge on any atom is 0.143 e. The summed E-state index contributed by atoms with van der Waals surface area (Å²) in [5, 5.41) is 2.34. The highest BCUT2D eigenvalue weighted by Crippen LogP contribution is 2.42. The van der Waals surface area contributed by atoms with Gasteiger partial charge < -0.3 is 4.42 Å². The second-order valence-corrected chi connectivity index (χ2v) is 8.57. The fraction of sp³-hybridized carbons (Fsp3) is 0.0323. The molecule has 0 spiro atoms. The van der Waals surface area contributed by atoms with E-state index >= 15 is 0 Å². The molecule has 0 bridgehead atoms. The van der Waals surface area contributed by atoms with Crippen LogP contribution in [0.2, 0.25) is 0 Å². The zero-order chi connectivity index (χ0) is 21.1. The van der Waals surface area contributed by atoms with E-state index in [9.17, 15) is 0 Å². The lowest BCUT2D eigenvalue weighted by Gasteiger charge is -2.08. The number of hydrogen-bond donors (Lipinski definition) is 0. The first-order valence-corrected chi connectivity index (χ1v) is 11.1. The Labute approximate surface area is 186 Å². The van der Waals surface area contributed by atoms with Crippen LogP contribution in [0.25, 0.3) is 55.3 Å². The van der Waals surface area contributed by atoms with Crippen LogP contribution in [0.5, 0.6) is 0 Å². The minimum absolute atomic E-state index is 0.939. The summed E-state index contributed by atoms with van der Waals surface area (Å²) in [6.07, 6.45) is 0.995. The van der Waals surface area contributed by atoms with E-state index in [0.29, 0.717) is 0 Å². The average Bonchev–Trinajstić information content (AvgIpc) is 3.42. The largest absolute Gasteiger partial charge is 0.455 e. The topological polar surface area (TPSA) is 13.1 Å². The molecule has 1 heteroatoms. The first-order valence-electron chi connectivity index (χ1n) is 11.1. The predicted octanol–water partition coefficient (Wildman–Crippen LogP) is 8.49. The van der Waals surface area contributed by atoms with Gasteiger partial charge in [0.1, 0.15) is 11.2 Å². The third-order valence-electron chi connectivity index (χ3n) is 6.71. The van der Waals surface area contributed by atoms with Crippen molar-refractivity contribution in [1.29, 1.82) is 0 Å². The number of para-hydroxylation sites is 2. The fourth-order valence-corrected chi connectivity index (χ4v) is 5.12. The molecule has 0 saturated heterocycles. The molecule has 0 atom stereocenters. The van der Waals surface area contributed by atoms with E-state index in [-0.39, 0.29) is 0 Å². The van der Waals surface area contributed by atoms with Gasteiger partial charge in [-0.05, 0) is 63.6 Å². The summed E-state index contributed by atoms with van der Waals surface area (Å²) in [6, 6.07) is 39.1. The van der Waals surface area contributed by atoms with Crippen molar-refractivity contribution in [3.8, 4) is 33.4 Å². The molecule has 1 heterocycles. The Kier molecular flexibility index (Phi) is 3.68. The highest BCUT2D eigenvalue weighted by molar-refractivity contribution is 6.09. The molecule has 0 saturated carbocycles. The molecule has 32 heavy (non-hydrogen) atoms. The van der Waals surface area contributed by atoms with Gasteiger partial charge in [-0.3, -0.25) is 0 Å². The molecule has 150 valence electrons. The molecule has 1 aliphatic rings. The van der Waals surface area contributed by atoms with Crippen LogP contribution < -0.4 is 0 Å². The van der Waals surface area contributed by atoms with Gasteiger partial charge in [-0.15, -0.1) is 0 Å². The second kappa shape index (κ2) is 6.70. The molecular weight excluding hydrogens is 388 g/mol. The zero-order valence-corrected chi connectivity index (χ0v) is 17.5. The molecule has 0 N–H and O–H groups in total. The van der Waals surface area contributed by atoms with Crippen LogP contribution in [-0.4, -0.2) is 0 Å². The van der Waals surface area contributed by atoms with Gasteiger partial charge in [0.2, 0.25) is 0 Å². The second-order valence-electron chi connectivity index (χ2n) is 8.57. The summed E-state index contributed by atoms with van der Waals surface area (Å²) in [7, 11) is 0. The van der Waals surface area contributed by atoms with Crippen molar-refractivity contribution in [1.82, 2.24) is 0 Å². The van der Waals surface area contributed by atoms with Crippen LogP contribution in [0.15, 0.2) is 114 Å². The summed E-state index contributed by atoms with van der Waals surface area (Å²) in [5.41, 5.74) is 12.3. The van der Waals surface area contributed by atoms with Gasteiger partial charge in [-0.1, -0.05) is 91.0 Å². The Hall–Kier alpha value is -4.10. The van der Waals surface area contributed by atoms with Crippen molar-refractivity contribution in [2.45, 2.75) is 6.42 Å². The number of hydrogen-bond acceptors (Lipinski definition) is 1. The average molecular weight is 409 g/mol. The number of furan rings is 1. The lowest BCUT2D eigenvalue weighted by molar-refractivity contribution is 0.670. The third kappa shape index (κ3) is 2.58. The van der Waals surface area contributed by atoms with Crippen LogP contribution in [0.4, 0.5) is 0 Å². The lowest BCUT2D eigenvalue weighted by Crippen LogP contribution is -1.84. The minimum Gasteiger partial charge on any atom is -0.455 e. The van der Waals surface area contributed by atoms with Gasteiger partial charge in [-0.2, -0.15) is 0 Å². The highest BCUT2D eigenvalue weighted by atomic mass is 16.3.